The maximum atomic E-state index is 14.5. The lowest BCUT2D eigenvalue weighted by Gasteiger charge is -2.13. The summed E-state index contributed by atoms with van der Waals surface area (Å²) in [6, 6.07) is 6.86. The van der Waals surface area contributed by atoms with E-state index in [0.717, 1.165) is 0 Å². The molecule has 33 heavy (non-hydrogen) atoms. The number of fused-ring (bicyclic) bond motifs is 3. The highest BCUT2D eigenvalue weighted by molar-refractivity contribution is 5.91. The summed E-state index contributed by atoms with van der Waals surface area (Å²) in [5.74, 6) is 0.400. The van der Waals surface area contributed by atoms with Crippen LogP contribution in [0, 0.1) is 17.3 Å². The van der Waals surface area contributed by atoms with Crippen LogP contribution in [0.4, 0.5) is 8.78 Å². The number of hydrogen-bond donors (Lipinski definition) is 1. The van der Waals surface area contributed by atoms with Crippen molar-refractivity contribution in [2.75, 3.05) is 20.2 Å². The van der Waals surface area contributed by atoms with Crippen LogP contribution in [-0.4, -0.2) is 63.4 Å². The van der Waals surface area contributed by atoms with E-state index in [-0.39, 0.29) is 30.7 Å². The lowest BCUT2D eigenvalue weighted by atomic mass is 10.0. The molecule has 1 N–H and O–H groups in total. The summed E-state index contributed by atoms with van der Waals surface area (Å²) in [5.41, 5.74) is -1.16. The molecule has 2 unspecified atom stereocenters. The summed E-state index contributed by atoms with van der Waals surface area (Å²) in [7, 11) is 1.61. The van der Waals surface area contributed by atoms with Gasteiger partial charge in [0.25, 0.3) is 11.8 Å². The largest absolute Gasteiger partial charge is 0.461 e. The Hall–Kier alpha value is -3.25. The molecule has 2 fully saturated rings. The number of esters is 1. The summed E-state index contributed by atoms with van der Waals surface area (Å²) in [4.78, 5) is 26.1. The first kappa shape index (κ1) is 21.6. The number of benzene rings is 1. The third-order valence-corrected chi connectivity index (χ3v) is 7.01. The molecule has 7 nitrogen and oxygen atoms in total. The third kappa shape index (κ3) is 2.93. The SMILES string of the molecule is CCOC(=O)c1nn(-c2cccc(C#C[C@]3(O)CCN(C)C3=O)c2)c2c1C1C(F)(F)C1(C)C2. The van der Waals surface area contributed by atoms with Crippen molar-refractivity contribution in [1.29, 1.82) is 0 Å². The van der Waals surface area contributed by atoms with E-state index in [1.165, 1.54) is 16.5 Å². The molecule has 2 aromatic rings. The molecule has 5 rings (SSSR count). The van der Waals surface area contributed by atoms with E-state index in [1.54, 1.807) is 38.2 Å². The van der Waals surface area contributed by atoms with E-state index < -0.39 is 34.7 Å². The number of carbonyl (C=O) groups excluding carboxylic acids is 2. The Morgan fingerprint density at radius 1 is 1.39 bits per heavy atom. The second-order valence-electron chi connectivity index (χ2n) is 9.13. The van der Waals surface area contributed by atoms with Gasteiger partial charge < -0.3 is 14.7 Å². The Bertz CT molecular complexity index is 1260. The molecule has 3 aliphatic rings. The van der Waals surface area contributed by atoms with Crippen LogP contribution in [0.1, 0.15) is 53.5 Å². The molecule has 3 atom stereocenters. The van der Waals surface area contributed by atoms with Gasteiger partial charge in [0.2, 0.25) is 5.60 Å². The Kier molecular flexibility index (Phi) is 4.50. The molecule has 2 aliphatic carbocycles. The molecule has 1 aliphatic heterocycles. The summed E-state index contributed by atoms with van der Waals surface area (Å²) in [6.07, 6.45) is 0.307. The summed E-state index contributed by atoms with van der Waals surface area (Å²) in [6.45, 7) is 3.70. The molecule has 0 radical (unpaired) electrons. The maximum absolute atomic E-state index is 14.5. The van der Waals surface area contributed by atoms with E-state index >= 15 is 0 Å². The molecule has 172 valence electrons. The summed E-state index contributed by atoms with van der Waals surface area (Å²) < 4.78 is 35.6. The van der Waals surface area contributed by atoms with E-state index in [2.05, 4.69) is 16.9 Å². The van der Waals surface area contributed by atoms with E-state index in [1.807, 2.05) is 0 Å². The normalized spacial score (nSPS) is 28.7. The average Bonchev–Trinajstić information content (AvgIpc) is 3.16. The van der Waals surface area contributed by atoms with Gasteiger partial charge in [0.1, 0.15) is 0 Å². The van der Waals surface area contributed by atoms with Crippen LogP contribution in [0.15, 0.2) is 24.3 Å². The zero-order chi connectivity index (χ0) is 23.8. The van der Waals surface area contributed by atoms with E-state index in [0.29, 0.717) is 23.5 Å². The summed E-state index contributed by atoms with van der Waals surface area (Å²) >= 11 is 0. The number of halogens is 2. The number of ether oxygens (including phenoxy) is 1. The highest BCUT2D eigenvalue weighted by Gasteiger charge is 2.82. The quantitative estimate of drug-likeness (QED) is 0.567. The molecule has 1 aromatic heterocycles. The minimum atomic E-state index is -2.89. The Labute approximate surface area is 189 Å². The third-order valence-electron chi connectivity index (χ3n) is 7.01. The predicted molar refractivity (Wildman–Crippen MR) is 113 cm³/mol. The first-order chi connectivity index (χ1) is 15.5. The van der Waals surface area contributed by atoms with Crippen molar-refractivity contribution in [3.63, 3.8) is 0 Å². The fraction of sp³-hybridized carbons (Fsp3) is 0.458. The Morgan fingerprint density at radius 2 is 2.15 bits per heavy atom. The number of aromatic nitrogens is 2. The van der Waals surface area contributed by atoms with Gasteiger partial charge in [-0.2, -0.15) is 5.10 Å². The van der Waals surface area contributed by atoms with Gasteiger partial charge in [-0.3, -0.25) is 4.79 Å². The number of alkyl halides is 2. The zero-order valence-corrected chi connectivity index (χ0v) is 18.5. The van der Waals surface area contributed by atoms with Crippen molar-refractivity contribution >= 4 is 11.9 Å². The smallest absolute Gasteiger partial charge is 0.359 e. The fourth-order valence-corrected chi connectivity index (χ4v) is 5.01. The van der Waals surface area contributed by atoms with Gasteiger partial charge >= 0.3 is 5.97 Å². The number of amides is 1. The average molecular weight is 455 g/mol. The Morgan fingerprint density at radius 3 is 2.82 bits per heavy atom. The lowest BCUT2D eigenvalue weighted by Crippen LogP contribution is -2.37. The number of carbonyl (C=O) groups is 2. The van der Waals surface area contributed by atoms with Crippen LogP contribution in [0.5, 0.6) is 0 Å². The van der Waals surface area contributed by atoms with Gasteiger partial charge in [0.15, 0.2) is 5.69 Å². The van der Waals surface area contributed by atoms with Gasteiger partial charge in [0.05, 0.1) is 23.6 Å². The van der Waals surface area contributed by atoms with Crippen molar-refractivity contribution < 1.29 is 28.2 Å². The van der Waals surface area contributed by atoms with Crippen molar-refractivity contribution in [2.45, 2.75) is 44.1 Å². The van der Waals surface area contributed by atoms with Crippen LogP contribution in [-0.2, 0) is 16.0 Å². The number of hydrogen-bond acceptors (Lipinski definition) is 5. The molecule has 1 aromatic carbocycles. The van der Waals surface area contributed by atoms with Gasteiger partial charge in [-0.15, -0.1) is 0 Å². The second kappa shape index (κ2) is 6.87. The lowest BCUT2D eigenvalue weighted by molar-refractivity contribution is -0.137. The molecule has 1 amide bonds. The minimum absolute atomic E-state index is 0.0804. The monoisotopic (exact) mass is 455 g/mol. The van der Waals surface area contributed by atoms with E-state index in [9.17, 15) is 23.5 Å². The van der Waals surface area contributed by atoms with Crippen molar-refractivity contribution in [3.8, 4) is 17.5 Å². The number of rotatable bonds is 3. The Balaban J connectivity index is 1.54. The van der Waals surface area contributed by atoms with Crippen molar-refractivity contribution in [2.24, 2.45) is 5.41 Å². The fourth-order valence-electron chi connectivity index (χ4n) is 5.01. The van der Waals surface area contributed by atoms with Crippen molar-refractivity contribution in [3.05, 3.63) is 46.8 Å². The highest BCUT2D eigenvalue weighted by atomic mass is 19.3. The van der Waals surface area contributed by atoms with Crippen LogP contribution < -0.4 is 0 Å². The number of likely N-dealkylation sites (N-methyl/N-ethyl adjacent to an activating group) is 1. The van der Waals surface area contributed by atoms with Gasteiger partial charge in [-0.1, -0.05) is 24.8 Å². The van der Waals surface area contributed by atoms with Crippen LogP contribution in [0.3, 0.4) is 0 Å². The van der Waals surface area contributed by atoms with Crippen LogP contribution >= 0.6 is 0 Å². The van der Waals surface area contributed by atoms with E-state index in [4.69, 9.17) is 4.74 Å². The first-order valence-electron chi connectivity index (χ1n) is 10.8. The van der Waals surface area contributed by atoms with Crippen molar-refractivity contribution in [1.82, 2.24) is 14.7 Å². The summed E-state index contributed by atoms with van der Waals surface area (Å²) in [5, 5.41) is 14.9. The van der Waals surface area contributed by atoms with Gasteiger partial charge in [-0.25, -0.2) is 18.3 Å². The molecule has 1 saturated carbocycles. The van der Waals surface area contributed by atoms with Gasteiger partial charge in [-0.05, 0) is 25.1 Å². The highest BCUT2D eigenvalue weighted by Crippen LogP contribution is 2.76. The number of nitrogens with zero attached hydrogens (tertiary/aromatic N) is 3. The predicted octanol–water partition coefficient (Wildman–Crippen LogP) is 2.29. The maximum Gasteiger partial charge on any atom is 0.359 e. The molecule has 1 saturated heterocycles. The number of likely N-dealkylation sites (tertiary alicyclic amines) is 1. The molecular formula is C24H23F2N3O4. The number of aliphatic hydroxyl groups is 1. The van der Waals surface area contributed by atoms with Crippen LogP contribution in [0.2, 0.25) is 0 Å². The molecule has 0 spiro atoms. The zero-order valence-electron chi connectivity index (χ0n) is 18.5. The molecule has 2 heterocycles. The molecule has 0 bridgehead atoms. The first-order valence-corrected chi connectivity index (χ1v) is 10.8. The van der Waals surface area contributed by atoms with Crippen LogP contribution in [0.25, 0.3) is 5.69 Å². The standard InChI is InChI=1S/C24H23F2N3O4/c1-4-33-20(30)18-17-16(13-22(2)19(17)24(22,25)26)29(27-18)15-7-5-6-14(12-15)8-9-23(32)10-11-28(3)21(23)31/h5-7,12,19,32H,4,10-11,13H2,1-3H3/t19?,22?,23-/m0/s1. The molecule has 9 heteroatoms. The van der Waals surface area contributed by atoms with Gasteiger partial charge in [0, 0.05) is 43.3 Å². The second-order valence-corrected chi connectivity index (χ2v) is 9.13. The topological polar surface area (TPSA) is 84.7 Å². The molecular weight excluding hydrogens is 432 g/mol. The minimum Gasteiger partial charge on any atom is -0.461 e.